The van der Waals surface area contributed by atoms with Crippen LogP contribution >= 0.6 is 15.9 Å². The summed E-state index contributed by atoms with van der Waals surface area (Å²) in [6.45, 7) is 0.589. The first-order valence-corrected chi connectivity index (χ1v) is 6.80. The summed E-state index contributed by atoms with van der Waals surface area (Å²) in [4.78, 5) is 12.2. The molecule has 0 unspecified atom stereocenters. The average Bonchev–Trinajstić information content (AvgIpc) is 2.43. The second kappa shape index (κ2) is 5.87. The Kier molecular flexibility index (Phi) is 4.20. The number of rotatable bonds is 4. The van der Waals surface area contributed by atoms with Crippen molar-refractivity contribution >= 4 is 32.6 Å². The third-order valence-corrected chi connectivity index (χ3v) is 3.11. The zero-order valence-electron chi connectivity index (χ0n) is 10.1. The van der Waals surface area contributed by atoms with Gasteiger partial charge >= 0.3 is 0 Å². The van der Waals surface area contributed by atoms with Gasteiger partial charge in [0.1, 0.15) is 5.75 Å². The Hall–Kier alpha value is -1.55. The maximum Gasteiger partial charge on any atom is 0.255 e. The van der Waals surface area contributed by atoms with Gasteiger partial charge in [-0.1, -0.05) is 46.3 Å². The molecule has 2 aromatic rings. The van der Waals surface area contributed by atoms with E-state index >= 15 is 0 Å². The molecule has 0 bridgehead atoms. The highest BCUT2D eigenvalue weighted by atomic mass is 79.9. The summed E-state index contributed by atoms with van der Waals surface area (Å²) in [7, 11) is 1.57. The maximum atomic E-state index is 12.2. The summed E-state index contributed by atoms with van der Waals surface area (Å²) in [5.74, 6) is 0.490. The van der Waals surface area contributed by atoms with E-state index in [1.165, 1.54) is 0 Å². The van der Waals surface area contributed by atoms with Crippen molar-refractivity contribution < 1.29 is 9.53 Å². The van der Waals surface area contributed by atoms with E-state index in [0.29, 0.717) is 17.9 Å². The van der Waals surface area contributed by atoms with Crippen LogP contribution in [0, 0.1) is 0 Å². The lowest BCUT2D eigenvalue weighted by molar-refractivity contribution is 0.0955. The smallest absolute Gasteiger partial charge is 0.255 e. The minimum atomic E-state index is -0.108. The lowest BCUT2D eigenvalue weighted by atomic mass is 10.0. The van der Waals surface area contributed by atoms with Crippen molar-refractivity contribution in [3.05, 3.63) is 42.0 Å². The fraction of sp³-hybridized carbons (Fsp3) is 0.214. The molecular weight excluding hydrogens is 294 g/mol. The molecule has 4 heteroatoms. The van der Waals surface area contributed by atoms with Crippen molar-refractivity contribution in [2.24, 2.45) is 0 Å². The Morgan fingerprint density at radius 1 is 1.28 bits per heavy atom. The van der Waals surface area contributed by atoms with E-state index in [2.05, 4.69) is 21.2 Å². The number of alkyl halides is 1. The van der Waals surface area contributed by atoms with Crippen LogP contribution in [0.1, 0.15) is 10.4 Å². The maximum absolute atomic E-state index is 12.2. The summed E-state index contributed by atoms with van der Waals surface area (Å²) < 4.78 is 5.28. The molecule has 2 aromatic carbocycles. The van der Waals surface area contributed by atoms with Crippen LogP contribution in [0.5, 0.6) is 5.75 Å². The summed E-state index contributed by atoms with van der Waals surface area (Å²) in [5.41, 5.74) is 0.594. The van der Waals surface area contributed by atoms with E-state index in [4.69, 9.17) is 4.74 Å². The molecule has 1 N–H and O–H groups in total. The summed E-state index contributed by atoms with van der Waals surface area (Å²) in [5, 5.41) is 5.51. The molecule has 0 aliphatic rings. The first-order chi connectivity index (χ1) is 8.77. The van der Waals surface area contributed by atoms with Gasteiger partial charge in [0.05, 0.1) is 12.7 Å². The minimum Gasteiger partial charge on any atom is -0.496 e. The Morgan fingerprint density at radius 3 is 2.78 bits per heavy atom. The van der Waals surface area contributed by atoms with Crippen LogP contribution in [0.3, 0.4) is 0 Å². The van der Waals surface area contributed by atoms with Crippen LogP contribution in [0.4, 0.5) is 0 Å². The molecule has 0 spiro atoms. The number of hydrogen-bond acceptors (Lipinski definition) is 2. The molecule has 18 heavy (non-hydrogen) atoms. The second-order valence-corrected chi connectivity index (χ2v) is 4.60. The predicted molar refractivity (Wildman–Crippen MR) is 76.6 cm³/mol. The molecule has 94 valence electrons. The Bertz CT molecular complexity index is 569. The summed E-state index contributed by atoms with van der Waals surface area (Å²) >= 11 is 3.29. The molecule has 0 aromatic heterocycles. The fourth-order valence-corrected chi connectivity index (χ4v) is 2.10. The standard InChI is InChI=1S/C14H14BrNO2/c1-18-12-7-6-10-4-2-3-5-11(10)13(12)14(17)16-9-8-15/h2-7H,8-9H2,1H3,(H,16,17). The van der Waals surface area contributed by atoms with Crippen molar-refractivity contribution in [3.63, 3.8) is 0 Å². The highest BCUT2D eigenvalue weighted by molar-refractivity contribution is 9.09. The van der Waals surface area contributed by atoms with Crippen LogP contribution < -0.4 is 10.1 Å². The number of fused-ring (bicyclic) bond motifs is 1. The number of hydrogen-bond donors (Lipinski definition) is 1. The van der Waals surface area contributed by atoms with Crippen LogP contribution in [-0.4, -0.2) is 24.9 Å². The van der Waals surface area contributed by atoms with Crippen molar-refractivity contribution in [3.8, 4) is 5.75 Å². The number of halogens is 1. The van der Waals surface area contributed by atoms with Gasteiger partial charge in [0, 0.05) is 11.9 Å². The molecule has 2 rings (SSSR count). The van der Waals surface area contributed by atoms with Crippen LogP contribution in [-0.2, 0) is 0 Å². The molecule has 0 aliphatic carbocycles. The quantitative estimate of drug-likeness (QED) is 0.882. The average molecular weight is 308 g/mol. The minimum absolute atomic E-state index is 0.108. The Morgan fingerprint density at radius 2 is 2.06 bits per heavy atom. The lowest BCUT2D eigenvalue weighted by Crippen LogP contribution is -2.25. The topological polar surface area (TPSA) is 38.3 Å². The first-order valence-electron chi connectivity index (χ1n) is 5.68. The normalized spacial score (nSPS) is 10.3. The van der Waals surface area contributed by atoms with Gasteiger partial charge in [0.15, 0.2) is 0 Å². The molecule has 0 radical (unpaired) electrons. The van der Waals surface area contributed by atoms with E-state index in [-0.39, 0.29) is 5.91 Å². The van der Waals surface area contributed by atoms with Crippen LogP contribution in [0.15, 0.2) is 36.4 Å². The zero-order valence-corrected chi connectivity index (χ0v) is 11.7. The molecule has 0 fully saturated rings. The molecular formula is C14H14BrNO2. The molecule has 0 heterocycles. The highest BCUT2D eigenvalue weighted by Crippen LogP contribution is 2.27. The van der Waals surface area contributed by atoms with E-state index in [1.807, 2.05) is 36.4 Å². The fourth-order valence-electron chi connectivity index (χ4n) is 1.91. The van der Waals surface area contributed by atoms with Crippen molar-refractivity contribution in [2.75, 3.05) is 19.0 Å². The Labute approximate surface area is 114 Å². The van der Waals surface area contributed by atoms with Crippen LogP contribution in [0.25, 0.3) is 10.8 Å². The molecule has 3 nitrogen and oxygen atoms in total. The van der Waals surface area contributed by atoms with Gasteiger partial charge in [-0.2, -0.15) is 0 Å². The number of nitrogens with one attached hydrogen (secondary N) is 1. The van der Waals surface area contributed by atoms with Gasteiger partial charge in [0.25, 0.3) is 5.91 Å². The summed E-state index contributed by atoms with van der Waals surface area (Å²) in [6, 6.07) is 11.6. The lowest BCUT2D eigenvalue weighted by Gasteiger charge is -2.11. The zero-order chi connectivity index (χ0) is 13.0. The molecule has 0 saturated carbocycles. The van der Waals surface area contributed by atoms with E-state index in [9.17, 15) is 4.79 Å². The van der Waals surface area contributed by atoms with E-state index < -0.39 is 0 Å². The molecule has 0 atom stereocenters. The van der Waals surface area contributed by atoms with Gasteiger partial charge in [0.2, 0.25) is 0 Å². The number of methoxy groups -OCH3 is 1. The van der Waals surface area contributed by atoms with Crippen LogP contribution in [0.2, 0.25) is 0 Å². The number of amides is 1. The molecule has 1 amide bonds. The summed E-state index contributed by atoms with van der Waals surface area (Å²) in [6.07, 6.45) is 0. The third-order valence-electron chi connectivity index (χ3n) is 2.72. The van der Waals surface area contributed by atoms with Crippen molar-refractivity contribution in [2.45, 2.75) is 0 Å². The van der Waals surface area contributed by atoms with Gasteiger partial charge in [-0.05, 0) is 16.8 Å². The van der Waals surface area contributed by atoms with Gasteiger partial charge in [-0.25, -0.2) is 0 Å². The number of ether oxygens (including phenoxy) is 1. The number of carbonyl (C=O) groups excluding carboxylic acids is 1. The van der Waals surface area contributed by atoms with Gasteiger partial charge in [-0.3, -0.25) is 4.79 Å². The first kappa shape index (κ1) is 12.9. The van der Waals surface area contributed by atoms with E-state index in [1.54, 1.807) is 7.11 Å². The SMILES string of the molecule is COc1ccc2ccccc2c1C(=O)NCCBr. The van der Waals surface area contributed by atoms with Gasteiger partial charge < -0.3 is 10.1 Å². The van der Waals surface area contributed by atoms with Crippen molar-refractivity contribution in [1.29, 1.82) is 0 Å². The highest BCUT2D eigenvalue weighted by Gasteiger charge is 2.15. The van der Waals surface area contributed by atoms with Gasteiger partial charge in [-0.15, -0.1) is 0 Å². The monoisotopic (exact) mass is 307 g/mol. The molecule has 0 saturated heterocycles. The number of benzene rings is 2. The second-order valence-electron chi connectivity index (χ2n) is 3.81. The largest absolute Gasteiger partial charge is 0.496 e. The van der Waals surface area contributed by atoms with E-state index in [0.717, 1.165) is 16.1 Å². The third kappa shape index (κ3) is 2.48. The molecule has 0 aliphatic heterocycles. The van der Waals surface area contributed by atoms with Crippen molar-refractivity contribution in [1.82, 2.24) is 5.32 Å². The Balaban J connectivity index is 2.54. The predicted octanol–water partition coefficient (Wildman–Crippen LogP) is 2.97. The number of carbonyl (C=O) groups is 1.